The Balaban J connectivity index is 4.36. The van der Waals surface area contributed by atoms with Crippen molar-refractivity contribution in [3.8, 4) is 0 Å². The number of carbonyl (C=O) groups is 1. The zero-order chi connectivity index (χ0) is 11.2. The summed E-state index contributed by atoms with van der Waals surface area (Å²) in [5.41, 5.74) is 5.23. The van der Waals surface area contributed by atoms with E-state index in [1.54, 1.807) is 0 Å². The van der Waals surface area contributed by atoms with E-state index >= 15 is 0 Å². The Morgan fingerprint density at radius 3 is 2.29 bits per heavy atom. The lowest BCUT2D eigenvalue weighted by Crippen LogP contribution is -2.45. The van der Waals surface area contributed by atoms with Gasteiger partial charge in [0.15, 0.2) is 0 Å². The van der Waals surface area contributed by atoms with Gasteiger partial charge >= 0.3 is 0 Å². The van der Waals surface area contributed by atoms with Crippen LogP contribution in [0.2, 0.25) is 0 Å². The van der Waals surface area contributed by atoms with Crippen LogP contribution in [0.4, 0.5) is 0 Å². The lowest BCUT2D eigenvalue weighted by atomic mass is 9.81. The molecule has 0 spiro atoms. The van der Waals surface area contributed by atoms with Crippen LogP contribution in [0.3, 0.4) is 0 Å². The number of hydrogen-bond donors (Lipinski definition) is 2. The highest BCUT2D eigenvalue weighted by Gasteiger charge is 2.32. The fraction of sp³-hybridized carbons (Fsp3) is 0.700. The molecule has 0 atom stereocenters. The molecule has 0 aromatic carbocycles. The van der Waals surface area contributed by atoms with Crippen molar-refractivity contribution in [1.82, 2.24) is 5.32 Å². The van der Waals surface area contributed by atoms with Gasteiger partial charge in [0.05, 0.1) is 5.41 Å². The van der Waals surface area contributed by atoms with Crippen LogP contribution in [0, 0.1) is 5.41 Å². The minimum absolute atomic E-state index is 0.0191. The van der Waals surface area contributed by atoms with E-state index in [2.05, 4.69) is 27.8 Å². The molecule has 0 aliphatic heterocycles. The predicted octanol–water partition coefficient (Wildman–Crippen LogP) is 1.78. The molecule has 0 aromatic heterocycles. The molecule has 0 aliphatic rings. The highest BCUT2D eigenvalue weighted by molar-refractivity contribution is 9.11. The Morgan fingerprint density at radius 2 is 2.00 bits per heavy atom. The zero-order valence-electron chi connectivity index (χ0n) is 8.90. The van der Waals surface area contributed by atoms with E-state index in [1.165, 1.54) is 0 Å². The molecule has 0 aliphatic carbocycles. The highest BCUT2D eigenvalue weighted by Crippen LogP contribution is 2.24. The Morgan fingerprint density at radius 1 is 1.50 bits per heavy atom. The third kappa shape index (κ3) is 3.42. The number of halogens is 1. The smallest absolute Gasteiger partial charge is 0.227 e. The summed E-state index contributed by atoms with van der Waals surface area (Å²) < 4.78 is 0.768. The molecule has 0 aromatic rings. The monoisotopic (exact) mass is 262 g/mol. The van der Waals surface area contributed by atoms with Crippen LogP contribution in [0.5, 0.6) is 0 Å². The second-order valence-corrected chi connectivity index (χ2v) is 4.51. The Bertz CT molecular complexity index is 204. The van der Waals surface area contributed by atoms with Crippen LogP contribution in [-0.2, 0) is 4.79 Å². The minimum Gasteiger partial charge on any atom is -0.351 e. The van der Waals surface area contributed by atoms with Gasteiger partial charge in [0.25, 0.3) is 0 Å². The van der Waals surface area contributed by atoms with Crippen molar-refractivity contribution in [2.24, 2.45) is 11.1 Å². The van der Waals surface area contributed by atoms with Crippen LogP contribution in [0.1, 0.15) is 26.7 Å². The fourth-order valence-corrected chi connectivity index (χ4v) is 1.46. The van der Waals surface area contributed by atoms with Gasteiger partial charge in [0, 0.05) is 17.6 Å². The Labute approximate surface area is 94.3 Å². The number of carbonyl (C=O) groups excluding carboxylic acids is 1. The second-order valence-electron chi connectivity index (χ2n) is 3.39. The molecule has 0 bridgehead atoms. The maximum atomic E-state index is 11.8. The van der Waals surface area contributed by atoms with Gasteiger partial charge in [-0.15, -0.1) is 0 Å². The van der Waals surface area contributed by atoms with E-state index < -0.39 is 5.41 Å². The van der Waals surface area contributed by atoms with Gasteiger partial charge < -0.3 is 11.1 Å². The summed E-state index contributed by atoms with van der Waals surface area (Å²) in [6.07, 6.45) is 1.53. The van der Waals surface area contributed by atoms with Crippen molar-refractivity contribution in [2.45, 2.75) is 26.7 Å². The topological polar surface area (TPSA) is 55.1 Å². The number of nitrogens with two attached hydrogens (primary N) is 1. The Kier molecular flexibility index (Phi) is 6.04. The summed E-state index contributed by atoms with van der Waals surface area (Å²) in [7, 11) is 0. The molecule has 14 heavy (non-hydrogen) atoms. The molecular weight excluding hydrogens is 244 g/mol. The molecule has 0 saturated heterocycles. The summed E-state index contributed by atoms with van der Waals surface area (Å²) in [5, 5.41) is 2.81. The maximum absolute atomic E-state index is 11.8. The van der Waals surface area contributed by atoms with Crippen molar-refractivity contribution in [3.05, 3.63) is 11.1 Å². The normalized spacial score (nSPS) is 11.1. The first kappa shape index (κ1) is 13.7. The number of rotatable bonds is 6. The van der Waals surface area contributed by atoms with Crippen molar-refractivity contribution < 1.29 is 4.79 Å². The van der Waals surface area contributed by atoms with Crippen molar-refractivity contribution >= 4 is 21.8 Å². The quantitative estimate of drug-likeness (QED) is 0.767. The first-order valence-corrected chi connectivity index (χ1v) is 5.63. The number of amides is 1. The molecule has 0 heterocycles. The van der Waals surface area contributed by atoms with E-state index in [-0.39, 0.29) is 5.91 Å². The van der Waals surface area contributed by atoms with Crippen LogP contribution in [0.15, 0.2) is 11.1 Å². The number of hydrogen-bond acceptors (Lipinski definition) is 2. The molecule has 0 saturated carbocycles. The molecule has 0 fully saturated rings. The molecule has 1 amide bonds. The minimum atomic E-state index is -0.414. The number of nitrogens with one attached hydrogen (secondary N) is 1. The second kappa shape index (κ2) is 6.19. The van der Waals surface area contributed by atoms with Gasteiger partial charge in [-0.1, -0.05) is 36.4 Å². The predicted molar refractivity (Wildman–Crippen MR) is 63.1 cm³/mol. The lowest BCUT2D eigenvalue weighted by molar-refractivity contribution is -0.130. The third-order valence-corrected chi connectivity index (χ3v) is 2.95. The van der Waals surface area contributed by atoms with Crippen LogP contribution in [-0.4, -0.2) is 19.0 Å². The van der Waals surface area contributed by atoms with Gasteiger partial charge in [0.2, 0.25) is 5.91 Å². The van der Waals surface area contributed by atoms with Gasteiger partial charge in [-0.3, -0.25) is 4.79 Å². The van der Waals surface area contributed by atoms with Crippen molar-refractivity contribution in [1.29, 1.82) is 0 Å². The van der Waals surface area contributed by atoms with E-state index in [0.29, 0.717) is 13.1 Å². The Hall–Kier alpha value is -0.350. The fourth-order valence-electron chi connectivity index (χ4n) is 1.32. The third-order valence-electron chi connectivity index (χ3n) is 2.67. The summed E-state index contributed by atoms with van der Waals surface area (Å²) in [6, 6.07) is 0. The zero-order valence-corrected chi connectivity index (χ0v) is 10.5. The van der Waals surface area contributed by atoms with Crippen LogP contribution >= 0.6 is 15.9 Å². The van der Waals surface area contributed by atoms with E-state index in [4.69, 9.17) is 5.73 Å². The summed E-state index contributed by atoms with van der Waals surface area (Å²) in [4.78, 5) is 11.8. The summed E-state index contributed by atoms with van der Waals surface area (Å²) in [5.74, 6) is 0.0191. The first-order valence-electron chi connectivity index (χ1n) is 4.84. The van der Waals surface area contributed by atoms with E-state index in [9.17, 15) is 4.79 Å². The summed E-state index contributed by atoms with van der Waals surface area (Å²) >= 11 is 3.19. The molecule has 3 N–H and O–H groups in total. The van der Waals surface area contributed by atoms with Crippen LogP contribution < -0.4 is 11.1 Å². The van der Waals surface area contributed by atoms with Gasteiger partial charge in [0.1, 0.15) is 0 Å². The van der Waals surface area contributed by atoms with Gasteiger partial charge in [-0.2, -0.15) is 0 Å². The van der Waals surface area contributed by atoms with Gasteiger partial charge in [-0.25, -0.2) is 0 Å². The first-order chi connectivity index (χ1) is 6.52. The highest BCUT2D eigenvalue weighted by atomic mass is 79.9. The molecule has 82 valence electrons. The molecule has 0 unspecified atom stereocenters. The summed E-state index contributed by atoms with van der Waals surface area (Å²) in [6.45, 7) is 8.48. The molecule has 4 heteroatoms. The van der Waals surface area contributed by atoms with Crippen molar-refractivity contribution in [2.75, 3.05) is 13.1 Å². The molecule has 3 nitrogen and oxygen atoms in total. The average Bonchev–Trinajstić information content (AvgIpc) is 2.18. The lowest BCUT2D eigenvalue weighted by Gasteiger charge is -2.28. The van der Waals surface area contributed by atoms with Crippen LogP contribution in [0.25, 0.3) is 0 Å². The standard InChI is InChI=1S/C10H19BrN2O/c1-4-10(5-2,7-12)9(14)13-6-8(3)11/h3-7,12H2,1-2H3,(H,13,14). The molecule has 0 radical (unpaired) electrons. The maximum Gasteiger partial charge on any atom is 0.227 e. The van der Waals surface area contributed by atoms with E-state index in [1.807, 2.05) is 13.8 Å². The molecular formula is C10H19BrN2O. The largest absolute Gasteiger partial charge is 0.351 e. The molecule has 0 rings (SSSR count). The van der Waals surface area contributed by atoms with E-state index in [0.717, 1.165) is 17.3 Å². The average molecular weight is 263 g/mol. The van der Waals surface area contributed by atoms with Crippen molar-refractivity contribution in [3.63, 3.8) is 0 Å². The SMILES string of the molecule is C=C(Br)CNC(=O)C(CC)(CC)CN. The van der Waals surface area contributed by atoms with Gasteiger partial charge in [-0.05, 0) is 12.8 Å².